The molecular formula is C18H27N3O2. The third-order valence-corrected chi connectivity index (χ3v) is 5.26. The number of amides is 2. The maximum absolute atomic E-state index is 12.6. The predicted molar refractivity (Wildman–Crippen MR) is 88.8 cm³/mol. The van der Waals surface area contributed by atoms with Gasteiger partial charge in [-0.1, -0.05) is 6.92 Å². The zero-order chi connectivity index (χ0) is 16.4. The van der Waals surface area contributed by atoms with E-state index in [9.17, 15) is 9.59 Å². The SMILES string of the molecule is CCCN1C(=O)[C@@H]2CC[C@H]1CN(C(=O)CCc1cccn1C)C2. The molecule has 0 aromatic carbocycles. The Morgan fingerprint density at radius 2 is 2.13 bits per heavy atom. The highest BCUT2D eigenvalue weighted by Crippen LogP contribution is 2.29. The van der Waals surface area contributed by atoms with Gasteiger partial charge >= 0.3 is 0 Å². The first-order valence-electron chi connectivity index (χ1n) is 8.78. The zero-order valence-corrected chi connectivity index (χ0v) is 14.2. The monoisotopic (exact) mass is 317 g/mol. The maximum Gasteiger partial charge on any atom is 0.227 e. The van der Waals surface area contributed by atoms with E-state index >= 15 is 0 Å². The zero-order valence-electron chi connectivity index (χ0n) is 14.2. The van der Waals surface area contributed by atoms with Gasteiger partial charge in [0, 0.05) is 51.0 Å². The van der Waals surface area contributed by atoms with Crippen LogP contribution in [0.15, 0.2) is 18.3 Å². The van der Waals surface area contributed by atoms with Gasteiger partial charge in [0.15, 0.2) is 0 Å². The summed E-state index contributed by atoms with van der Waals surface area (Å²) in [6.07, 6.45) is 6.26. The summed E-state index contributed by atoms with van der Waals surface area (Å²) in [6.45, 7) is 4.26. The summed E-state index contributed by atoms with van der Waals surface area (Å²) in [7, 11) is 2.01. The first-order valence-corrected chi connectivity index (χ1v) is 8.78. The number of nitrogens with zero attached hydrogens (tertiary/aromatic N) is 3. The minimum Gasteiger partial charge on any atom is -0.354 e. The third kappa shape index (κ3) is 3.28. The second-order valence-electron chi connectivity index (χ2n) is 6.87. The van der Waals surface area contributed by atoms with Crippen molar-refractivity contribution in [3.63, 3.8) is 0 Å². The number of rotatable bonds is 5. The van der Waals surface area contributed by atoms with Crippen LogP contribution in [0.5, 0.6) is 0 Å². The van der Waals surface area contributed by atoms with Gasteiger partial charge in [0.2, 0.25) is 11.8 Å². The van der Waals surface area contributed by atoms with Crippen molar-refractivity contribution in [3.05, 3.63) is 24.0 Å². The van der Waals surface area contributed by atoms with Crippen LogP contribution in [0.25, 0.3) is 0 Å². The molecule has 2 atom stereocenters. The van der Waals surface area contributed by atoms with E-state index in [1.54, 1.807) is 0 Å². The average molecular weight is 317 g/mol. The van der Waals surface area contributed by atoms with Gasteiger partial charge in [-0.05, 0) is 37.8 Å². The predicted octanol–water partition coefficient (Wildman–Crippen LogP) is 1.82. The number of fused-ring (bicyclic) bond motifs is 4. The van der Waals surface area contributed by atoms with Gasteiger partial charge in [0.05, 0.1) is 5.92 Å². The van der Waals surface area contributed by atoms with E-state index in [0.29, 0.717) is 19.5 Å². The fourth-order valence-electron chi connectivity index (χ4n) is 3.93. The summed E-state index contributed by atoms with van der Waals surface area (Å²) in [4.78, 5) is 29.1. The molecule has 1 aromatic rings. The fraction of sp³-hybridized carbons (Fsp3) is 0.667. The highest BCUT2D eigenvalue weighted by Gasteiger charge is 2.41. The topological polar surface area (TPSA) is 45.6 Å². The normalized spacial score (nSPS) is 24.2. The van der Waals surface area contributed by atoms with Crippen LogP contribution < -0.4 is 0 Å². The quantitative estimate of drug-likeness (QED) is 0.831. The van der Waals surface area contributed by atoms with E-state index in [2.05, 4.69) is 17.6 Å². The molecule has 1 aromatic heterocycles. The molecule has 3 saturated heterocycles. The standard InChI is InChI=1S/C18H27N3O2/c1-3-10-21-16-7-6-14(18(21)23)12-20(13-16)17(22)9-8-15-5-4-11-19(15)2/h4-5,11,14,16H,3,6-10,12-13H2,1-2H3/t14-,16+/m1/s1. The molecule has 4 heterocycles. The molecule has 126 valence electrons. The summed E-state index contributed by atoms with van der Waals surface area (Å²) >= 11 is 0. The molecule has 3 fully saturated rings. The molecule has 0 saturated carbocycles. The second-order valence-corrected chi connectivity index (χ2v) is 6.87. The Balaban J connectivity index is 1.63. The number of carbonyl (C=O) groups excluding carboxylic acids is 2. The fourth-order valence-corrected chi connectivity index (χ4v) is 3.93. The molecule has 3 aliphatic heterocycles. The highest BCUT2D eigenvalue weighted by molar-refractivity contribution is 5.83. The van der Waals surface area contributed by atoms with Crippen molar-refractivity contribution in [1.29, 1.82) is 0 Å². The first kappa shape index (κ1) is 16.1. The van der Waals surface area contributed by atoms with Crippen LogP contribution in [0.1, 0.15) is 38.3 Å². The van der Waals surface area contributed by atoms with Crippen LogP contribution in [-0.4, -0.2) is 51.9 Å². The Morgan fingerprint density at radius 1 is 1.30 bits per heavy atom. The first-order chi connectivity index (χ1) is 11.1. The van der Waals surface area contributed by atoms with Gasteiger partial charge in [-0.2, -0.15) is 0 Å². The molecule has 3 aliphatic rings. The van der Waals surface area contributed by atoms with E-state index in [1.807, 2.05) is 29.1 Å². The van der Waals surface area contributed by atoms with Gasteiger partial charge in [-0.15, -0.1) is 0 Å². The molecule has 2 amide bonds. The Hall–Kier alpha value is -1.78. The second kappa shape index (κ2) is 6.77. The summed E-state index contributed by atoms with van der Waals surface area (Å²) < 4.78 is 2.06. The molecule has 23 heavy (non-hydrogen) atoms. The molecule has 0 N–H and O–H groups in total. The minimum absolute atomic E-state index is 0.0132. The van der Waals surface area contributed by atoms with Crippen LogP contribution in [0, 0.1) is 5.92 Å². The largest absolute Gasteiger partial charge is 0.354 e. The lowest BCUT2D eigenvalue weighted by Gasteiger charge is -2.35. The van der Waals surface area contributed by atoms with Gasteiger partial charge in [-0.25, -0.2) is 0 Å². The molecule has 5 nitrogen and oxygen atoms in total. The number of aryl methyl sites for hydroxylation is 2. The van der Waals surface area contributed by atoms with E-state index in [4.69, 9.17) is 0 Å². The summed E-state index contributed by atoms with van der Waals surface area (Å²) in [5, 5.41) is 0. The van der Waals surface area contributed by atoms with Crippen LogP contribution in [0.4, 0.5) is 0 Å². The van der Waals surface area contributed by atoms with Gasteiger partial charge in [0.1, 0.15) is 0 Å². The molecule has 5 heteroatoms. The number of hydrogen-bond donors (Lipinski definition) is 0. The molecule has 0 unspecified atom stereocenters. The summed E-state index contributed by atoms with van der Waals surface area (Å²) in [5.41, 5.74) is 1.18. The molecule has 0 spiro atoms. The van der Waals surface area contributed by atoms with E-state index in [-0.39, 0.29) is 23.8 Å². The van der Waals surface area contributed by atoms with E-state index in [0.717, 1.165) is 32.2 Å². The van der Waals surface area contributed by atoms with Crippen LogP contribution in [0.2, 0.25) is 0 Å². The molecule has 0 radical (unpaired) electrons. The highest BCUT2D eigenvalue weighted by atomic mass is 16.2. The lowest BCUT2D eigenvalue weighted by atomic mass is 9.94. The number of carbonyl (C=O) groups is 2. The molecule has 4 rings (SSSR count). The van der Waals surface area contributed by atoms with Crippen molar-refractivity contribution in [3.8, 4) is 0 Å². The van der Waals surface area contributed by atoms with Crippen LogP contribution in [0.3, 0.4) is 0 Å². The summed E-state index contributed by atoms with van der Waals surface area (Å²) in [6, 6.07) is 4.29. The van der Waals surface area contributed by atoms with Crippen molar-refractivity contribution in [2.24, 2.45) is 13.0 Å². The Kier molecular flexibility index (Phi) is 4.74. The summed E-state index contributed by atoms with van der Waals surface area (Å²) in [5.74, 6) is 0.467. The van der Waals surface area contributed by atoms with E-state index < -0.39 is 0 Å². The van der Waals surface area contributed by atoms with Crippen LogP contribution in [-0.2, 0) is 23.1 Å². The Bertz CT molecular complexity index is 581. The van der Waals surface area contributed by atoms with Crippen molar-refractivity contribution >= 4 is 11.8 Å². The number of piperidine rings is 1. The molecule has 0 aliphatic carbocycles. The van der Waals surface area contributed by atoms with Crippen molar-refractivity contribution < 1.29 is 9.59 Å². The minimum atomic E-state index is 0.0132. The Labute approximate surface area is 138 Å². The Morgan fingerprint density at radius 3 is 2.83 bits per heavy atom. The number of aromatic nitrogens is 1. The van der Waals surface area contributed by atoms with Crippen LogP contribution >= 0.6 is 0 Å². The van der Waals surface area contributed by atoms with Crippen molar-refractivity contribution in [2.45, 2.75) is 45.1 Å². The van der Waals surface area contributed by atoms with Crippen molar-refractivity contribution in [2.75, 3.05) is 19.6 Å². The lowest BCUT2D eigenvalue weighted by Crippen LogP contribution is -2.48. The van der Waals surface area contributed by atoms with Gasteiger partial charge in [-0.3, -0.25) is 9.59 Å². The van der Waals surface area contributed by atoms with Gasteiger partial charge < -0.3 is 14.4 Å². The smallest absolute Gasteiger partial charge is 0.227 e. The molecule has 2 bridgehead atoms. The van der Waals surface area contributed by atoms with Crippen molar-refractivity contribution in [1.82, 2.24) is 14.4 Å². The number of hydrogen-bond acceptors (Lipinski definition) is 2. The van der Waals surface area contributed by atoms with E-state index in [1.165, 1.54) is 5.69 Å². The third-order valence-electron chi connectivity index (χ3n) is 5.26. The van der Waals surface area contributed by atoms with Gasteiger partial charge in [0.25, 0.3) is 0 Å². The lowest BCUT2D eigenvalue weighted by molar-refractivity contribution is -0.139. The maximum atomic E-state index is 12.6. The average Bonchev–Trinajstić information content (AvgIpc) is 2.76. The molecular weight excluding hydrogens is 290 g/mol.